The van der Waals surface area contributed by atoms with Gasteiger partial charge in [-0.25, -0.2) is 13.1 Å². The molecule has 1 aromatic carbocycles. The maximum Gasteiger partial charge on any atom is 0.216 e. The fraction of sp³-hybridized carbons (Fsp3) is 0.600. The smallest absolute Gasteiger partial charge is 0.216 e. The van der Waals surface area contributed by atoms with Gasteiger partial charge in [-0.1, -0.05) is 31.2 Å². The first-order valence-corrected chi connectivity index (χ1v) is 8.96. The van der Waals surface area contributed by atoms with Crippen LogP contribution >= 0.6 is 0 Å². The third kappa shape index (κ3) is 5.07. The van der Waals surface area contributed by atoms with Crippen molar-refractivity contribution >= 4 is 10.0 Å². The van der Waals surface area contributed by atoms with Gasteiger partial charge in [0.1, 0.15) is 0 Å². The number of hydrogen-bond donors (Lipinski definition) is 2. The number of sulfonamides is 1. The van der Waals surface area contributed by atoms with Crippen LogP contribution in [0.2, 0.25) is 0 Å². The van der Waals surface area contributed by atoms with E-state index in [0.717, 1.165) is 24.2 Å². The summed E-state index contributed by atoms with van der Waals surface area (Å²) < 4.78 is 32.7. The molecule has 21 heavy (non-hydrogen) atoms. The minimum atomic E-state index is -3.36. The molecule has 2 N–H and O–H groups in total. The van der Waals surface area contributed by atoms with Crippen molar-refractivity contribution in [3.05, 3.63) is 35.4 Å². The van der Waals surface area contributed by atoms with E-state index in [1.165, 1.54) is 0 Å². The van der Waals surface area contributed by atoms with Crippen molar-refractivity contribution in [2.45, 2.75) is 38.1 Å². The van der Waals surface area contributed by atoms with Gasteiger partial charge in [-0.3, -0.25) is 0 Å². The minimum absolute atomic E-state index is 0.00253. The fourth-order valence-electron chi connectivity index (χ4n) is 2.48. The summed E-state index contributed by atoms with van der Waals surface area (Å²) in [5.41, 5.74) is 1.43. The Kier molecular flexibility index (Phi) is 5.37. The Balaban J connectivity index is 2.02. The van der Waals surface area contributed by atoms with Crippen LogP contribution in [0.4, 0.5) is 0 Å². The topological polar surface area (TPSA) is 67.4 Å². The lowest BCUT2D eigenvalue weighted by atomic mass is 10.0. The fourth-order valence-corrected chi connectivity index (χ4v) is 4.08. The van der Waals surface area contributed by atoms with Crippen LogP contribution in [0, 0.1) is 0 Å². The summed E-state index contributed by atoms with van der Waals surface area (Å²) in [5.74, 6) is 0.00253. The zero-order valence-electron chi connectivity index (χ0n) is 12.7. The summed E-state index contributed by atoms with van der Waals surface area (Å²) in [7, 11) is -3.36. The lowest BCUT2D eigenvalue weighted by Gasteiger charge is -2.23. The van der Waals surface area contributed by atoms with Gasteiger partial charge in [-0.2, -0.15) is 0 Å². The molecule has 0 aliphatic carbocycles. The van der Waals surface area contributed by atoms with E-state index in [4.69, 9.17) is 4.74 Å². The molecule has 0 amide bonds. The van der Waals surface area contributed by atoms with Gasteiger partial charge in [-0.15, -0.1) is 0 Å². The van der Waals surface area contributed by atoms with Gasteiger partial charge < -0.3 is 10.1 Å². The van der Waals surface area contributed by atoms with Crippen molar-refractivity contribution in [2.24, 2.45) is 0 Å². The summed E-state index contributed by atoms with van der Waals surface area (Å²) in [6.07, 6.45) is 0.715. The largest absolute Gasteiger partial charge is 0.379 e. The Morgan fingerprint density at radius 3 is 2.76 bits per heavy atom. The van der Waals surface area contributed by atoms with E-state index in [1.807, 2.05) is 38.1 Å². The molecule has 0 bridgehead atoms. The molecule has 1 saturated heterocycles. The molecule has 1 aliphatic rings. The van der Waals surface area contributed by atoms with Crippen molar-refractivity contribution < 1.29 is 13.2 Å². The number of nitrogens with one attached hydrogen (secondary N) is 2. The molecule has 0 saturated carbocycles. The summed E-state index contributed by atoms with van der Waals surface area (Å²) in [6, 6.07) is 7.69. The molecule has 118 valence electrons. The first-order valence-electron chi connectivity index (χ1n) is 7.30. The molecule has 6 heteroatoms. The minimum Gasteiger partial charge on any atom is -0.379 e. The third-order valence-corrected chi connectivity index (χ3v) is 5.07. The monoisotopic (exact) mass is 312 g/mol. The van der Waals surface area contributed by atoms with Crippen molar-refractivity contribution in [1.29, 1.82) is 0 Å². The maximum atomic E-state index is 12.3. The van der Waals surface area contributed by atoms with E-state index in [-0.39, 0.29) is 5.75 Å². The molecule has 0 spiro atoms. The lowest BCUT2D eigenvalue weighted by Crippen LogP contribution is -2.46. The van der Waals surface area contributed by atoms with Gasteiger partial charge in [0.25, 0.3) is 0 Å². The van der Waals surface area contributed by atoms with Gasteiger partial charge in [0.2, 0.25) is 10.0 Å². The molecule has 1 unspecified atom stereocenters. The Hall–Kier alpha value is -0.950. The maximum absolute atomic E-state index is 12.3. The van der Waals surface area contributed by atoms with Crippen LogP contribution in [0.5, 0.6) is 0 Å². The van der Waals surface area contributed by atoms with Crippen molar-refractivity contribution in [1.82, 2.24) is 10.0 Å². The van der Waals surface area contributed by atoms with Gasteiger partial charge in [0.15, 0.2) is 0 Å². The Labute approximate surface area is 127 Å². The second-order valence-electron chi connectivity index (χ2n) is 5.82. The van der Waals surface area contributed by atoms with Crippen LogP contribution in [0.3, 0.4) is 0 Å². The van der Waals surface area contributed by atoms with Crippen molar-refractivity contribution in [3.63, 3.8) is 0 Å². The number of ether oxygens (including phenoxy) is 1. The predicted molar refractivity (Wildman–Crippen MR) is 83.4 cm³/mol. The van der Waals surface area contributed by atoms with Crippen LogP contribution in [0.25, 0.3) is 0 Å². The van der Waals surface area contributed by atoms with Gasteiger partial charge >= 0.3 is 0 Å². The molecule has 1 heterocycles. The third-order valence-electron chi connectivity index (χ3n) is 3.55. The highest BCUT2D eigenvalue weighted by molar-refractivity contribution is 7.88. The van der Waals surface area contributed by atoms with Gasteiger partial charge in [-0.05, 0) is 31.0 Å². The molecule has 1 atom stereocenters. The molecule has 5 nitrogen and oxygen atoms in total. The van der Waals surface area contributed by atoms with E-state index < -0.39 is 15.6 Å². The van der Waals surface area contributed by atoms with E-state index in [9.17, 15) is 8.42 Å². The van der Waals surface area contributed by atoms with E-state index in [1.54, 1.807) is 0 Å². The van der Waals surface area contributed by atoms with E-state index >= 15 is 0 Å². The zero-order chi connectivity index (χ0) is 15.3. The number of rotatable bonds is 7. The molecule has 0 aromatic heterocycles. The Morgan fingerprint density at radius 1 is 1.33 bits per heavy atom. The quantitative estimate of drug-likeness (QED) is 0.798. The van der Waals surface area contributed by atoms with Crippen LogP contribution in [-0.4, -0.2) is 33.7 Å². The van der Waals surface area contributed by atoms with Crippen LogP contribution in [0.1, 0.15) is 31.4 Å². The number of benzene rings is 1. The molecular weight excluding hydrogens is 288 g/mol. The molecule has 1 aliphatic heterocycles. The van der Waals surface area contributed by atoms with Crippen LogP contribution in [0.15, 0.2) is 24.3 Å². The normalized spacial score (nSPS) is 22.6. The Morgan fingerprint density at radius 2 is 2.10 bits per heavy atom. The van der Waals surface area contributed by atoms with Crippen LogP contribution in [-0.2, 0) is 27.1 Å². The predicted octanol–water partition coefficient (Wildman–Crippen LogP) is 1.39. The average molecular weight is 312 g/mol. The lowest BCUT2D eigenvalue weighted by molar-refractivity contribution is 0.178. The highest BCUT2D eigenvalue weighted by Gasteiger charge is 2.33. The second kappa shape index (κ2) is 6.87. The SMILES string of the molecule is CCNCc1cccc(CS(=O)(=O)NC2(C)CCOC2)c1. The summed E-state index contributed by atoms with van der Waals surface area (Å²) in [6.45, 7) is 6.62. The first-order chi connectivity index (χ1) is 9.92. The molecule has 0 radical (unpaired) electrons. The molecule has 2 rings (SSSR count). The van der Waals surface area contributed by atoms with Crippen molar-refractivity contribution in [3.8, 4) is 0 Å². The standard InChI is InChI=1S/C15H24N2O3S/c1-3-16-10-13-5-4-6-14(9-13)11-21(18,19)17-15(2)7-8-20-12-15/h4-6,9,16-17H,3,7-8,10-12H2,1-2H3. The zero-order valence-corrected chi connectivity index (χ0v) is 13.5. The summed E-state index contributed by atoms with van der Waals surface area (Å²) in [5, 5.41) is 3.24. The van der Waals surface area contributed by atoms with E-state index in [0.29, 0.717) is 19.6 Å². The number of hydrogen-bond acceptors (Lipinski definition) is 4. The highest BCUT2D eigenvalue weighted by Crippen LogP contribution is 2.20. The average Bonchev–Trinajstić information content (AvgIpc) is 2.81. The van der Waals surface area contributed by atoms with E-state index in [2.05, 4.69) is 10.0 Å². The molecular formula is C15H24N2O3S. The Bertz CT molecular complexity index is 566. The van der Waals surface area contributed by atoms with Crippen LogP contribution < -0.4 is 10.0 Å². The first kappa shape index (κ1) is 16.4. The highest BCUT2D eigenvalue weighted by atomic mass is 32.2. The molecule has 1 fully saturated rings. The summed E-state index contributed by atoms with van der Waals surface area (Å²) >= 11 is 0. The van der Waals surface area contributed by atoms with Gasteiger partial charge in [0.05, 0.1) is 17.9 Å². The molecule has 1 aromatic rings. The second-order valence-corrected chi connectivity index (χ2v) is 7.55. The van der Waals surface area contributed by atoms with Crippen molar-refractivity contribution in [2.75, 3.05) is 19.8 Å². The summed E-state index contributed by atoms with van der Waals surface area (Å²) in [4.78, 5) is 0. The van der Waals surface area contributed by atoms with Gasteiger partial charge in [0, 0.05) is 13.2 Å².